The minimum Gasteiger partial charge on any atom is -0.490 e. The number of aryl methyl sites for hydroxylation is 1. The molecule has 0 saturated carbocycles. The van der Waals surface area contributed by atoms with Crippen molar-refractivity contribution in [3.8, 4) is 17.2 Å². The van der Waals surface area contributed by atoms with E-state index in [1.807, 2.05) is 60.7 Å². The molecule has 188 valence electrons. The highest BCUT2D eigenvalue weighted by molar-refractivity contribution is 5.93. The van der Waals surface area contributed by atoms with E-state index in [2.05, 4.69) is 0 Å². The van der Waals surface area contributed by atoms with Crippen molar-refractivity contribution in [2.75, 3.05) is 19.8 Å². The summed E-state index contributed by atoms with van der Waals surface area (Å²) in [5.74, 6) is 0.533. The molecule has 0 atom stereocenters. The molecule has 6 nitrogen and oxygen atoms in total. The molecule has 0 unspecified atom stereocenters. The molecular weight excluding hydrogens is 468 g/mol. The van der Waals surface area contributed by atoms with Crippen LogP contribution >= 0.6 is 0 Å². The number of rotatable bonds is 12. The van der Waals surface area contributed by atoms with E-state index >= 15 is 0 Å². The lowest BCUT2D eigenvalue weighted by Crippen LogP contribution is -2.11. The second-order valence-electron chi connectivity index (χ2n) is 8.18. The zero-order chi connectivity index (χ0) is 25.7. The van der Waals surface area contributed by atoms with E-state index < -0.39 is 11.9 Å². The number of hydrogen-bond acceptors (Lipinski definition) is 6. The summed E-state index contributed by atoms with van der Waals surface area (Å²) in [5.41, 5.74) is 1.85. The van der Waals surface area contributed by atoms with Gasteiger partial charge < -0.3 is 18.9 Å². The molecule has 37 heavy (non-hydrogen) atoms. The van der Waals surface area contributed by atoms with Crippen molar-refractivity contribution in [1.82, 2.24) is 0 Å². The Morgan fingerprint density at radius 1 is 0.541 bits per heavy atom. The third-order valence-corrected chi connectivity index (χ3v) is 5.40. The van der Waals surface area contributed by atoms with Gasteiger partial charge in [0.25, 0.3) is 0 Å². The Hall–Kier alpha value is -4.58. The molecule has 6 heteroatoms. The van der Waals surface area contributed by atoms with Gasteiger partial charge in [0.05, 0.1) is 17.7 Å². The Morgan fingerprint density at radius 3 is 1.84 bits per heavy atom. The summed E-state index contributed by atoms with van der Waals surface area (Å²) in [7, 11) is 0. The normalized spacial score (nSPS) is 10.4. The molecule has 0 aliphatic heterocycles. The second-order valence-corrected chi connectivity index (χ2v) is 8.18. The molecule has 0 fully saturated rings. The molecule has 4 rings (SSSR count). The van der Waals surface area contributed by atoms with Crippen LogP contribution in [0.3, 0.4) is 0 Å². The van der Waals surface area contributed by atoms with Crippen LogP contribution in [0, 0.1) is 0 Å². The van der Waals surface area contributed by atoms with E-state index in [-0.39, 0.29) is 5.75 Å². The number of para-hydroxylation sites is 1. The molecule has 0 aliphatic carbocycles. The third-order valence-electron chi connectivity index (χ3n) is 5.40. The van der Waals surface area contributed by atoms with Gasteiger partial charge in [0.2, 0.25) is 0 Å². The molecule has 0 aliphatic rings. The van der Waals surface area contributed by atoms with Crippen molar-refractivity contribution in [3.05, 3.63) is 126 Å². The number of carbonyl (C=O) groups is 2. The largest absolute Gasteiger partial charge is 0.490 e. The Balaban J connectivity index is 1.24. The first-order valence-electron chi connectivity index (χ1n) is 12.1. The van der Waals surface area contributed by atoms with Crippen LogP contribution in [0.15, 0.2) is 109 Å². The average Bonchev–Trinajstić information content (AvgIpc) is 2.95. The van der Waals surface area contributed by atoms with Crippen molar-refractivity contribution in [2.24, 2.45) is 0 Å². The van der Waals surface area contributed by atoms with E-state index in [9.17, 15) is 9.59 Å². The molecular formula is C31H28O6. The highest BCUT2D eigenvalue weighted by Crippen LogP contribution is 2.19. The maximum absolute atomic E-state index is 12.7. The van der Waals surface area contributed by atoms with Crippen LogP contribution in [-0.2, 0) is 11.2 Å². The first-order valence-corrected chi connectivity index (χ1v) is 12.1. The van der Waals surface area contributed by atoms with Gasteiger partial charge in [-0.15, -0.1) is 0 Å². The Bertz CT molecular complexity index is 1290. The number of ether oxygens (including phenoxy) is 4. The van der Waals surface area contributed by atoms with Crippen LogP contribution in [0.2, 0.25) is 0 Å². The monoisotopic (exact) mass is 496 g/mol. The summed E-state index contributed by atoms with van der Waals surface area (Å²) in [4.78, 5) is 25.1. The van der Waals surface area contributed by atoms with Gasteiger partial charge in [0.1, 0.15) is 30.5 Å². The summed E-state index contributed by atoms with van der Waals surface area (Å²) >= 11 is 0. The smallest absolute Gasteiger partial charge is 0.343 e. The maximum Gasteiger partial charge on any atom is 0.343 e. The summed E-state index contributed by atoms with van der Waals surface area (Å²) < 4.78 is 22.2. The van der Waals surface area contributed by atoms with Crippen LogP contribution in [0.5, 0.6) is 17.2 Å². The number of hydrogen-bond donors (Lipinski definition) is 0. The molecule has 0 amide bonds. The van der Waals surface area contributed by atoms with Crippen molar-refractivity contribution in [2.45, 2.75) is 12.8 Å². The molecule has 0 heterocycles. The predicted octanol–water partition coefficient (Wildman–Crippen LogP) is 6.15. The summed E-state index contributed by atoms with van der Waals surface area (Å²) in [6, 6.07) is 32.6. The fourth-order valence-corrected chi connectivity index (χ4v) is 3.57. The Labute approximate surface area is 216 Å². The van der Waals surface area contributed by atoms with Crippen LogP contribution in [0.25, 0.3) is 0 Å². The van der Waals surface area contributed by atoms with Gasteiger partial charge in [0.15, 0.2) is 0 Å². The molecule has 0 saturated heterocycles. The number of benzene rings is 4. The van der Waals surface area contributed by atoms with Crippen LogP contribution in [-0.4, -0.2) is 31.8 Å². The first-order chi connectivity index (χ1) is 18.2. The van der Waals surface area contributed by atoms with Crippen molar-refractivity contribution < 1.29 is 28.5 Å². The van der Waals surface area contributed by atoms with Crippen molar-refractivity contribution in [1.29, 1.82) is 0 Å². The SMILES string of the molecule is O=C(OCCCc1ccccc1)c1cccc(OC(=O)c2cccc(OCCOc3ccccc3)c2)c1. The summed E-state index contributed by atoms with van der Waals surface area (Å²) in [6.45, 7) is 0.998. The minimum absolute atomic E-state index is 0.256. The van der Waals surface area contributed by atoms with Gasteiger partial charge in [-0.3, -0.25) is 0 Å². The highest BCUT2D eigenvalue weighted by atomic mass is 16.5. The lowest BCUT2D eigenvalue weighted by atomic mass is 10.1. The summed E-state index contributed by atoms with van der Waals surface area (Å²) in [6.07, 6.45) is 1.55. The van der Waals surface area contributed by atoms with Gasteiger partial charge in [0, 0.05) is 0 Å². The van der Waals surface area contributed by atoms with E-state index in [1.165, 1.54) is 11.6 Å². The van der Waals surface area contributed by atoms with Gasteiger partial charge in [-0.2, -0.15) is 0 Å². The predicted molar refractivity (Wildman–Crippen MR) is 140 cm³/mol. The number of esters is 2. The fourth-order valence-electron chi connectivity index (χ4n) is 3.57. The maximum atomic E-state index is 12.7. The third kappa shape index (κ3) is 8.25. The molecule has 0 N–H and O–H groups in total. The van der Waals surface area contributed by atoms with Crippen LogP contribution < -0.4 is 14.2 Å². The van der Waals surface area contributed by atoms with Gasteiger partial charge >= 0.3 is 11.9 Å². The first kappa shape index (κ1) is 25.5. The van der Waals surface area contributed by atoms with E-state index in [0.29, 0.717) is 36.7 Å². The zero-order valence-electron chi connectivity index (χ0n) is 20.4. The quantitative estimate of drug-likeness (QED) is 0.133. The van der Waals surface area contributed by atoms with E-state index in [0.717, 1.165) is 18.6 Å². The highest BCUT2D eigenvalue weighted by Gasteiger charge is 2.13. The Morgan fingerprint density at radius 2 is 1.11 bits per heavy atom. The Kier molecular flexibility index (Phi) is 9.30. The molecule has 4 aromatic carbocycles. The topological polar surface area (TPSA) is 71.1 Å². The average molecular weight is 497 g/mol. The van der Waals surface area contributed by atoms with Gasteiger partial charge in [-0.25, -0.2) is 9.59 Å². The molecule has 4 aromatic rings. The van der Waals surface area contributed by atoms with Gasteiger partial charge in [-0.1, -0.05) is 60.7 Å². The second kappa shape index (κ2) is 13.5. The lowest BCUT2D eigenvalue weighted by Gasteiger charge is -2.10. The van der Waals surface area contributed by atoms with Crippen molar-refractivity contribution >= 4 is 11.9 Å². The fraction of sp³-hybridized carbons (Fsp3) is 0.161. The zero-order valence-corrected chi connectivity index (χ0v) is 20.4. The van der Waals surface area contributed by atoms with Crippen LogP contribution in [0.4, 0.5) is 0 Å². The van der Waals surface area contributed by atoms with E-state index in [4.69, 9.17) is 18.9 Å². The minimum atomic E-state index is -0.556. The van der Waals surface area contributed by atoms with Gasteiger partial charge in [-0.05, 0) is 66.9 Å². The van der Waals surface area contributed by atoms with Crippen molar-refractivity contribution in [3.63, 3.8) is 0 Å². The van der Waals surface area contributed by atoms with Crippen LogP contribution in [0.1, 0.15) is 32.7 Å². The lowest BCUT2D eigenvalue weighted by molar-refractivity contribution is 0.0498. The van der Waals surface area contributed by atoms with E-state index in [1.54, 1.807) is 42.5 Å². The molecule has 0 aromatic heterocycles. The summed E-state index contributed by atoms with van der Waals surface area (Å²) in [5, 5.41) is 0. The standard InChI is InChI=1S/C31H28O6/c32-30(36-19-9-12-24-10-3-1-4-11-24)25-13-8-18-29(23-25)37-31(33)26-14-7-17-28(22-26)35-21-20-34-27-15-5-2-6-16-27/h1-8,10-11,13-18,22-23H,9,12,19-21H2. The molecule has 0 bridgehead atoms. The molecule has 0 radical (unpaired) electrons. The molecule has 0 spiro atoms. The number of carbonyl (C=O) groups excluding carboxylic acids is 2.